The molecular weight excluding hydrogens is 379 g/mol. The molecule has 0 N–H and O–H groups in total. The van der Waals surface area contributed by atoms with E-state index in [-0.39, 0.29) is 5.69 Å². The molecule has 2 fully saturated rings. The minimum absolute atomic E-state index is 0.0324. The first kappa shape index (κ1) is 18.9. The highest BCUT2D eigenvalue weighted by molar-refractivity contribution is 6.30. The first-order valence-corrected chi connectivity index (χ1v) is 10.0. The van der Waals surface area contributed by atoms with E-state index in [1.807, 2.05) is 0 Å². The molecule has 0 radical (unpaired) electrons. The van der Waals surface area contributed by atoms with Gasteiger partial charge in [-0.25, -0.2) is 19.2 Å². The molecule has 2 aromatic rings. The Labute approximate surface area is 169 Å². The smallest absolute Gasteiger partial charge is 0.225 e. The van der Waals surface area contributed by atoms with Crippen molar-refractivity contribution >= 4 is 23.2 Å². The van der Waals surface area contributed by atoms with Gasteiger partial charge in [0.25, 0.3) is 0 Å². The van der Waals surface area contributed by atoms with Gasteiger partial charge in [0, 0.05) is 19.2 Å². The third-order valence-corrected chi connectivity index (χ3v) is 6.00. The number of hydrogen-bond acceptors (Lipinski definition) is 4. The largest absolute Gasteiger partial charge is 0.494 e. The highest BCUT2D eigenvalue weighted by Gasteiger charge is 2.43. The van der Waals surface area contributed by atoms with E-state index in [0.29, 0.717) is 23.3 Å². The van der Waals surface area contributed by atoms with Crippen LogP contribution in [0.25, 0.3) is 4.85 Å². The Balaban J connectivity index is 1.19. The van der Waals surface area contributed by atoms with E-state index in [1.54, 1.807) is 18.5 Å². The van der Waals surface area contributed by atoms with E-state index >= 15 is 0 Å². The Kier molecular flexibility index (Phi) is 5.63. The van der Waals surface area contributed by atoms with Crippen LogP contribution in [-0.2, 0) is 0 Å². The average molecular weight is 401 g/mol. The monoisotopic (exact) mass is 400 g/mol. The van der Waals surface area contributed by atoms with E-state index < -0.39 is 5.82 Å². The van der Waals surface area contributed by atoms with Crippen LogP contribution in [0.2, 0.25) is 5.02 Å². The van der Waals surface area contributed by atoms with Crippen LogP contribution in [-0.4, -0.2) is 29.7 Å². The molecule has 28 heavy (non-hydrogen) atoms. The molecule has 1 aliphatic carbocycles. The SMILES string of the molecule is [C-]#[N+]c1ccc(OCCC2CC2C2CCN(c3ncc(Cl)cn3)CC2)cc1F. The van der Waals surface area contributed by atoms with Gasteiger partial charge in [-0.05, 0) is 55.6 Å². The van der Waals surface area contributed by atoms with Crippen molar-refractivity contribution in [1.29, 1.82) is 0 Å². The number of benzene rings is 1. The van der Waals surface area contributed by atoms with Crippen molar-refractivity contribution in [3.63, 3.8) is 0 Å². The normalized spacial score (nSPS) is 22.0. The summed E-state index contributed by atoms with van der Waals surface area (Å²) >= 11 is 5.86. The van der Waals surface area contributed by atoms with Crippen LogP contribution in [0.4, 0.5) is 16.0 Å². The summed E-state index contributed by atoms with van der Waals surface area (Å²) in [6.45, 7) is 9.44. The summed E-state index contributed by atoms with van der Waals surface area (Å²) < 4.78 is 19.3. The van der Waals surface area contributed by atoms with Gasteiger partial charge in [0.15, 0.2) is 0 Å². The number of halogens is 2. The lowest BCUT2D eigenvalue weighted by molar-refractivity contribution is 0.283. The van der Waals surface area contributed by atoms with Crippen LogP contribution in [0.15, 0.2) is 30.6 Å². The number of piperidine rings is 1. The van der Waals surface area contributed by atoms with Crippen LogP contribution in [0.3, 0.4) is 0 Å². The van der Waals surface area contributed by atoms with Crippen molar-refractivity contribution in [3.8, 4) is 5.75 Å². The van der Waals surface area contributed by atoms with Gasteiger partial charge < -0.3 is 9.64 Å². The molecule has 1 saturated heterocycles. The quantitative estimate of drug-likeness (QED) is 0.629. The molecule has 2 unspecified atom stereocenters. The van der Waals surface area contributed by atoms with E-state index in [4.69, 9.17) is 22.9 Å². The summed E-state index contributed by atoms with van der Waals surface area (Å²) in [5, 5.41) is 0.562. The zero-order chi connectivity index (χ0) is 19.5. The van der Waals surface area contributed by atoms with Gasteiger partial charge in [0.2, 0.25) is 11.6 Å². The Morgan fingerprint density at radius 2 is 2.00 bits per heavy atom. The molecule has 1 aliphatic heterocycles. The molecular formula is C21H22ClFN4O. The second-order valence-electron chi connectivity index (χ2n) is 7.55. The van der Waals surface area contributed by atoms with E-state index in [9.17, 15) is 4.39 Å². The minimum atomic E-state index is -0.520. The second kappa shape index (κ2) is 8.32. The Bertz CT molecular complexity index is 862. The van der Waals surface area contributed by atoms with E-state index in [0.717, 1.165) is 50.1 Å². The number of hydrogen-bond donors (Lipinski definition) is 0. The zero-order valence-corrected chi connectivity index (χ0v) is 16.3. The molecule has 1 aromatic carbocycles. The number of rotatable bonds is 6. The molecule has 0 amide bonds. The number of ether oxygens (including phenoxy) is 1. The maximum atomic E-state index is 13.6. The van der Waals surface area contributed by atoms with Gasteiger partial charge in [-0.2, -0.15) is 0 Å². The molecule has 1 saturated carbocycles. The fourth-order valence-corrected chi connectivity index (χ4v) is 4.27. The molecule has 1 aromatic heterocycles. The predicted octanol–water partition coefficient (Wildman–Crippen LogP) is 5.14. The summed E-state index contributed by atoms with van der Waals surface area (Å²) in [6.07, 6.45) is 7.88. The van der Waals surface area contributed by atoms with E-state index in [1.165, 1.54) is 18.6 Å². The fourth-order valence-electron chi connectivity index (χ4n) is 4.17. The predicted molar refractivity (Wildman–Crippen MR) is 106 cm³/mol. The highest BCUT2D eigenvalue weighted by atomic mass is 35.5. The molecule has 2 atom stereocenters. The summed E-state index contributed by atoms with van der Waals surface area (Å²) in [4.78, 5) is 14.0. The highest BCUT2D eigenvalue weighted by Crippen LogP contribution is 2.49. The van der Waals surface area contributed by atoms with Crippen molar-refractivity contribution in [3.05, 3.63) is 52.8 Å². The van der Waals surface area contributed by atoms with Crippen molar-refractivity contribution in [2.45, 2.75) is 25.7 Å². The third kappa shape index (κ3) is 4.36. The molecule has 2 heterocycles. The molecule has 146 valence electrons. The molecule has 0 spiro atoms. The molecule has 5 nitrogen and oxygen atoms in total. The standard InChI is InChI=1S/C21H22ClFN4O/c1-24-20-3-2-17(11-19(20)23)28-9-6-15-10-18(15)14-4-7-27(8-5-14)21-25-12-16(22)13-26-21/h2-3,11-15,18H,4-10H2. The van der Waals surface area contributed by atoms with Crippen molar-refractivity contribution in [1.82, 2.24) is 9.97 Å². The summed E-state index contributed by atoms with van der Waals surface area (Å²) in [5.74, 6) is 2.98. The van der Waals surface area contributed by atoms with Crippen LogP contribution < -0.4 is 9.64 Å². The first-order chi connectivity index (χ1) is 13.6. The van der Waals surface area contributed by atoms with Crippen LogP contribution in [0, 0.1) is 30.1 Å². The summed E-state index contributed by atoms with van der Waals surface area (Å²) in [5.41, 5.74) is 0.0324. The van der Waals surface area contributed by atoms with Gasteiger partial charge in [0.1, 0.15) is 11.6 Å². The van der Waals surface area contributed by atoms with Gasteiger partial charge in [-0.15, -0.1) is 0 Å². The second-order valence-corrected chi connectivity index (χ2v) is 7.98. The topological polar surface area (TPSA) is 42.6 Å². The minimum Gasteiger partial charge on any atom is -0.494 e. The first-order valence-electron chi connectivity index (χ1n) is 9.66. The zero-order valence-electron chi connectivity index (χ0n) is 15.5. The number of nitrogens with zero attached hydrogens (tertiary/aromatic N) is 4. The molecule has 7 heteroatoms. The lowest BCUT2D eigenvalue weighted by Crippen LogP contribution is -2.35. The van der Waals surface area contributed by atoms with Gasteiger partial charge in [-0.3, -0.25) is 0 Å². The third-order valence-electron chi connectivity index (χ3n) is 5.81. The fraction of sp³-hybridized carbons (Fsp3) is 0.476. The Hall–Kier alpha value is -2.39. The van der Waals surface area contributed by atoms with Crippen LogP contribution in [0.1, 0.15) is 25.7 Å². The van der Waals surface area contributed by atoms with Crippen molar-refractivity contribution < 1.29 is 9.13 Å². The summed E-state index contributed by atoms with van der Waals surface area (Å²) in [6, 6.07) is 4.43. The maximum Gasteiger partial charge on any atom is 0.225 e. The Morgan fingerprint density at radius 1 is 1.25 bits per heavy atom. The Morgan fingerprint density at radius 3 is 2.68 bits per heavy atom. The lowest BCUT2D eigenvalue weighted by atomic mass is 9.90. The summed E-state index contributed by atoms with van der Waals surface area (Å²) in [7, 11) is 0. The molecule has 4 rings (SSSR count). The van der Waals surface area contributed by atoms with Gasteiger partial charge in [-0.1, -0.05) is 11.6 Å². The molecule has 2 aliphatic rings. The van der Waals surface area contributed by atoms with E-state index in [2.05, 4.69) is 19.7 Å². The average Bonchev–Trinajstić information content (AvgIpc) is 3.48. The number of anilines is 1. The van der Waals surface area contributed by atoms with Crippen LogP contribution in [0.5, 0.6) is 5.75 Å². The van der Waals surface area contributed by atoms with Crippen LogP contribution >= 0.6 is 11.6 Å². The lowest BCUT2D eigenvalue weighted by Gasteiger charge is -2.32. The van der Waals surface area contributed by atoms with Gasteiger partial charge >= 0.3 is 0 Å². The molecule has 0 bridgehead atoms. The van der Waals surface area contributed by atoms with Crippen molar-refractivity contribution in [2.75, 3.05) is 24.6 Å². The number of aromatic nitrogens is 2. The van der Waals surface area contributed by atoms with Crippen molar-refractivity contribution in [2.24, 2.45) is 17.8 Å². The van der Waals surface area contributed by atoms with Gasteiger partial charge in [0.05, 0.1) is 30.6 Å². The maximum absolute atomic E-state index is 13.6.